The van der Waals surface area contributed by atoms with Gasteiger partial charge < -0.3 is 0 Å². The van der Waals surface area contributed by atoms with Gasteiger partial charge in [-0.3, -0.25) is 14.9 Å². The van der Waals surface area contributed by atoms with Crippen LogP contribution in [0.15, 0.2) is 12.3 Å². The van der Waals surface area contributed by atoms with Crippen LogP contribution >= 0.6 is 22.6 Å². The summed E-state index contributed by atoms with van der Waals surface area (Å²) in [5, 5.41) is 6.75. The Kier molecular flexibility index (Phi) is 2.03. The zero-order valence-electron chi connectivity index (χ0n) is 6.54. The predicted molar refractivity (Wildman–Crippen MR) is 56.3 cm³/mol. The molecule has 13 heavy (non-hydrogen) atoms. The molecule has 4 nitrogen and oxygen atoms in total. The van der Waals surface area contributed by atoms with Crippen molar-refractivity contribution in [2.45, 2.75) is 0 Å². The second-order valence-corrected chi connectivity index (χ2v) is 3.58. The average molecular weight is 286 g/mol. The third-order valence-corrected chi connectivity index (χ3v) is 2.43. The normalized spacial score (nSPS) is 10.6. The molecule has 1 N–H and O–H groups in total. The number of aromatic nitrogens is 3. The maximum atomic E-state index is 10.9. The molecule has 0 aliphatic heterocycles. The summed E-state index contributed by atoms with van der Waals surface area (Å²) >= 11 is 2.08. The van der Waals surface area contributed by atoms with Crippen molar-refractivity contribution in [2.75, 3.05) is 0 Å². The number of halogens is 1. The van der Waals surface area contributed by atoms with Crippen molar-refractivity contribution in [3.8, 4) is 0 Å². The van der Waals surface area contributed by atoms with E-state index in [9.17, 15) is 4.79 Å². The van der Waals surface area contributed by atoms with E-state index in [0.29, 0.717) is 5.56 Å². The predicted octanol–water partition coefficient (Wildman–Crippen LogP) is 1.58. The molecule has 2 aromatic heterocycles. The molecule has 1 radical (unpaired) electrons. The summed E-state index contributed by atoms with van der Waals surface area (Å²) in [6.45, 7) is 3.31. The molecule has 0 unspecified atom stereocenters. The van der Waals surface area contributed by atoms with Gasteiger partial charge in [-0.1, -0.05) is 0 Å². The number of nitrogens with one attached hydrogen (secondary N) is 1. The molecule has 0 bridgehead atoms. The monoisotopic (exact) mass is 286 g/mol. The fraction of sp³-hybridized carbons (Fsp3) is 0. The fourth-order valence-corrected chi connectivity index (χ4v) is 1.58. The van der Waals surface area contributed by atoms with E-state index in [0.717, 1.165) is 14.7 Å². The highest BCUT2D eigenvalue weighted by atomic mass is 127. The van der Waals surface area contributed by atoms with Gasteiger partial charge in [-0.2, -0.15) is 5.10 Å². The maximum Gasteiger partial charge on any atom is 0.164 e. The van der Waals surface area contributed by atoms with Gasteiger partial charge in [0.25, 0.3) is 0 Å². The Morgan fingerprint density at radius 1 is 1.62 bits per heavy atom. The Balaban J connectivity index is 2.70. The first-order valence-corrected chi connectivity index (χ1v) is 4.62. The molecule has 0 atom stereocenters. The Hall–Kier alpha value is -0.980. The van der Waals surface area contributed by atoms with Crippen LogP contribution < -0.4 is 0 Å². The third kappa shape index (κ3) is 1.43. The van der Waals surface area contributed by atoms with E-state index in [2.05, 4.69) is 44.7 Å². The van der Waals surface area contributed by atoms with Gasteiger partial charge in [0.15, 0.2) is 5.78 Å². The number of carbonyl (C=O) groups excluding carboxylic acids is 1. The van der Waals surface area contributed by atoms with Gasteiger partial charge in [-0.05, 0) is 28.7 Å². The molecule has 2 heterocycles. The minimum atomic E-state index is -0.237. The Labute approximate surface area is 87.9 Å². The SMILES string of the molecule is [CH2]C(=O)c1cnc2c(I)n[nH]c2c1. The molecule has 5 heteroatoms. The van der Waals surface area contributed by atoms with Gasteiger partial charge in [0.05, 0.1) is 5.52 Å². The zero-order chi connectivity index (χ0) is 9.42. The van der Waals surface area contributed by atoms with Crippen molar-refractivity contribution in [1.29, 1.82) is 0 Å². The Morgan fingerprint density at radius 3 is 3.08 bits per heavy atom. The average Bonchev–Trinajstić information content (AvgIpc) is 2.47. The molecule has 0 fully saturated rings. The van der Waals surface area contributed by atoms with Crippen LogP contribution in [0.2, 0.25) is 0 Å². The van der Waals surface area contributed by atoms with Gasteiger partial charge in [-0.25, -0.2) is 0 Å². The van der Waals surface area contributed by atoms with Gasteiger partial charge >= 0.3 is 0 Å². The van der Waals surface area contributed by atoms with Gasteiger partial charge in [-0.15, -0.1) is 0 Å². The summed E-state index contributed by atoms with van der Waals surface area (Å²) in [4.78, 5) is 15.0. The third-order valence-electron chi connectivity index (χ3n) is 1.68. The molecule has 2 aromatic rings. The quantitative estimate of drug-likeness (QED) is 0.639. The highest BCUT2D eigenvalue weighted by Crippen LogP contribution is 2.15. The number of ketones is 1. The molecule has 0 saturated heterocycles. The largest absolute Gasteiger partial charge is 0.294 e. The van der Waals surface area contributed by atoms with Crippen molar-refractivity contribution in [3.05, 3.63) is 28.5 Å². The van der Waals surface area contributed by atoms with Crippen molar-refractivity contribution in [2.24, 2.45) is 0 Å². The van der Waals surface area contributed by atoms with Gasteiger partial charge in [0.2, 0.25) is 0 Å². The number of aromatic amines is 1. The lowest BCUT2D eigenvalue weighted by atomic mass is 10.2. The smallest absolute Gasteiger partial charge is 0.164 e. The summed E-state index contributed by atoms with van der Waals surface area (Å²) in [6.07, 6.45) is 1.51. The van der Waals surface area contributed by atoms with Crippen LogP contribution in [0.4, 0.5) is 0 Å². The Morgan fingerprint density at radius 2 is 2.38 bits per heavy atom. The van der Waals surface area contributed by atoms with E-state index in [-0.39, 0.29) is 5.78 Å². The molecule has 0 amide bonds. The number of hydrogen-bond donors (Lipinski definition) is 1. The number of rotatable bonds is 1. The number of H-pyrrole nitrogens is 1. The maximum absolute atomic E-state index is 10.9. The molecule has 65 valence electrons. The highest BCUT2D eigenvalue weighted by molar-refractivity contribution is 14.1. The molecule has 2 rings (SSSR count). The van der Waals surface area contributed by atoms with E-state index in [1.165, 1.54) is 6.20 Å². The van der Waals surface area contributed by atoms with E-state index < -0.39 is 0 Å². The topological polar surface area (TPSA) is 58.6 Å². The minimum Gasteiger partial charge on any atom is -0.294 e. The van der Waals surface area contributed by atoms with Gasteiger partial charge in [0, 0.05) is 18.7 Å². The molecule has 0 saturated carbocycles. The first-order chi connectivity index (χ1) is 6.18. The van der Waals surface area contributed by atoms with Crippen LogP contribution in [0.5, 0.6) is 0 Å². The minimum absolute atomic E-state index is 0.237. The molecule has 0 spiro atoms. The van der Waals surface area contributed by atoms with Crippen LogP contribution in [0, 0.1) is 10.6 Å². The van der Waals surface area contributed by atoms with E-state index >= 15 is 0 Å². The lowest BCUT2D eigenvalue weighted by Crippen LogP contribution is -1.93. The Bertz CT molecular complexity index is 477. The van der Waals surface area contributed by atoms with Crippen molar-refractivity contribution >= 4 is 39.4 Å². The van der Waals surface area contributed by atoms with Crippen LogP contribution in [0.3, 0.4) is 0 Å². The number of Topliss-reactive ketones (excluding diaryl/α,β-unsaturated/α-hetero) is 1. The number of nitrogens with zero attached hydrogens (tertiary/aromatic N) is 2. The van der Waals surface area contributed by atoms with Crippen molar-refractivity contribution < 1.29 is 4.79 Å². The summed E-state index contributed by atoms with van der Waals surface area (Å²) in [6, 6.07) is 1.70. The van der Waals surface area contributed by atoms with Crippen molar-refractivity contribution in [3.63, 3.8) is 0 Å². The number of fused-ring (bicyclic) bond motifs is 1. The number of pyridine rings is 1. The summed E-state index contributed by atoms with van der Waals surface area (Å²) < 4.78 is 0.802. The number of carbonyl (C=O) groups is 1. The second-order valence-electron chi connectivity index (χ2n) is 2.56. The second kappa shape index (κ2) is 3.06. The lowest BCUT2D eigenvalue weighted by Gasteiger charge is -1.93. The van der Waals surface area contributed by atoms with Crippen molar-refractivity contribution in [1.82, 2.24) is 15.2 Å². The van der Waals surface area contributed by atoms with Crippen LogP contribution in [0.1, 0.15) is 10.4 Å². The van der Waals surface area contributed by atoms with E-state index in [4.69, 9.17) is 0 Å². The summed E-state index contributed by atoms with van der Waals surface area (Å²) in [5.74, 6) is -0.237. The summed E-state index contributed by atoms with van der Waals surface area (Å²) in [5.41, 5.74) is 2.04. The molecule has 0 aliphatic rings. The first-order valence-electron chi connectivity index (χ1n) is 3.54. The molecule has 0 aromatic carbocycles. The molecular formula is C8H5IN3O. The van der Waals surface area contributed by atoms with E-state index in [1.807, 2.05) is 0 Å². The molecule has 0 aliphatic carbocycles. The van der Waals surface area contributed by atoms with E-state index in [1.54, 1.807) is 6.07 Å². The van der Waals surface area contributed by atoms with Gasteiger partial charge in [0.1, 0.15) is 9.22 Å². The molecular weight excluding hydrogens is 281 g/mol. The van der Waals surface area contributed by atoms with Crippen LogP contribution in [-0.4, -0.2) is 21.0 Å². The zero-order valence-corrected chi connectivity index (χ0v) is 8.70. The number of hydrogen-bond acceptors (Lipinski definition) is 3. The van der Waals surface area contributed by atoms with Crippen LogP contribution in [0.25, 0.3) is 11.0 Å². The lowest BCUT2D eigenvalue weighted by molar-refractivity contribution is 0.104. The summed E-state index contributed by atoms with van der Waals surface area (Å²) in [7, 11) is 0. The fourth-order valence-electron chi connectivity index (χ4n) is 1.03. The highest BCUT2D eigenvalue weighted by Gasteiger charge is 2.06. The first kappa shape index (κ1) is 8.61. The standard InChI is InChI=1S/C8H5IN3O/c1-4(13)5-2-6-7(10-3-5)8(9)12-11-6/h2-3H,1H2,(H,11,12). The van der Waals surface area contributed by atoms with Crippen LogP contribution in [-0.2, 0) is 0 Å².